The predicted molar refractivity (Wildman–Crippen MR) is 89.8 cm³/mol. The van der Waals surface area contributed by atoms with Crippen LogP contribution in [0.4, 0.5) is 4.39 Å². The van der Waals surface area contributed by atoms with E-state index in [1.54, 1.807) is 19.1 Å². The first kappa shape index (κ1) is 16.7. The summed E-state index contributed by atoms with van der Waals surface area (Å²) in [6, 6.07) is 4.77. The van der Waals surface area contributed by atoms with E-state index in [9.17, 15) is 9.18 Å². The third-order valence-corrected chi connectivity index (χ3v) is 5.60. The van der Waals surface area contributed by atoms with Crippen LogP contribution in [0.25, 0.3) is 0 Å². The number of hydrogen-bond acceptors (Lipinski definition) is 2. The summed E-state index contributed by atoms with van der Waals surface area (Å²) >= 11 is 5.97. The molecule has 23 heavy (non-hydrogen) atoms. The van der Waals surface area contributed by atoms with Crippen LogP contribution in [0.15, 0.2) is 18.2 Å². The molecule has 2 aliphatic rings. The van der Waals surface area contributed by atoms with Crippen LogP contribution in [-0.2, 0) is 11.3 Å². The molecule has 0 radical (unpaired) electrons. The average molecular weight is 339 g/mol. The summed E-state index contributed by atoms with van der Waals surface area (Å²) in [6.07, 6.45) is 3.38. The Morgan fingerprint density at radius 1 is 1.22 bits per heavy atom. The standard InChI is InChI=1S/C18H24ClFN2O/c1-13(23)22-8-5-14(6-9-22)15-4-7-21(11-15)12-16-10-17(19)2-3-18(16)20/h2-3,10,14-15H,4-9,11-12H2,1H3. The lowest BCUT2D eigenvalue weighted by Crippen LogP contribution is -2.39. The van der Waals surface area contributed by atoms with Crippen molar-refractivity contribution in [1.82, 2.24) is 9.80 Å². The smallest absolute Gasteiger partial charge is 0.219 e. The molecule has 1 amide bonds. The van der Waals surface area contributed by atoms with Crippen LogP contribution < -0.4 is 0 Å². The molecule has 1 aromatic carbocycles. The molecule has 0 aromatic heterocycles. The van der Waals surface area contributed by atoms with Gasteiger partial charge in [0, 0.05) is 43.7 Å². The number of halogens is 2. The molecule has 1 atom stereocenters. The molecular weight excluding hydrogens is 315 g/mol. The summed E-state index contributed by atoms with van der Waals surface area (Å²) in [5, 5.41) is 0.591. The number of benzene rings is 1. The molecule has 0 aliphatic carbocycles. The highest BCUT2D eigenvalue weighted by atomic mass is 35.5. The van der Waals surface area contributed by atoms with Gasteiger partial charge in [0.15, 0.2) is 0 Å². The van der Waals surface area contributed by atoms with Crippen molar-refractivity contribution >= 4 is 17.5 Å². The minimum absolute atomic E-state index is 0.174. The van der Waals surface area contributed by atoms with E-state index < -0.39 is 0 Å². The quantitative estimate of drug-likeness (QED) is 0.841. The van der Waals surface area contributed by atoms with E-state index in [1.165, 1.54) is 12.5 Å². The Balaban J connectivity index is 1.53. The minimum atomic E-state index is -0.174. The molecule has 0 N–H and O–H groups in total. The lowest BCUT2D eigenvalue weighted by molar-refractivity contribution is -0.130. The van der Waals surface area contributed by atoms with E-state index >= 15 is 0 Å². The first-order chi connectivity index (χ1) is 11.0. The Labute approximate surface area is 142 Å². The minimum Gasteiger partial charge on any atom is -0.343 e. The van der Waals surface area contributed by atoms with Crippen LogP contribution in [0.3, 0.4) is 0 Å². The van der Waals surface area contributed by atoms with E-state index in [-0.39, 0.29) is 11.7 Å². The van der Waals surface area contributed by atoms with E-state index in [4.69, 9.17) is 11.6 Å². The fourth-order valence-corrected chi connectivity index (χ4v) is 4.18. The van der Waals surface area contributed by atoms with Gasteiger partial charge < -0.3 is 4.90 Å². The van der Waals surface area contributed by atoms with Gasteiger partial charge in [0.1, 0.15) is 5.82 Å². The number of nitrogens with zero attached hydrogens (tertiary/aromatic N) is 2. The normalized spacial score (nSPS) is 23.4. The van der Waals surface area contributed by atoms with Crippen LogP contribution in [0, 0.1) is 17.7 Å². The van der Waals surface area contributed by atoms with Crippen molar-refractivity contribution < 1.29 is 9.18 Å². The van der Waals surface area contributed by atoms with Gasteiger partial charge in [0.2, 0.25) is 5.91 Å². The maximum Gasteiger partial charge on any atom is 0.219 e. The fraction of sp³-hybridized carbons (Fsp3) is 0.611. The van der Waals surface area contributed by atoms with E-state index in [1.807, 2.05) is 4.90 Å². The van der Waals surface area contributed by atoms with Crippen LogP contribution >= 0.6 is 11.6 Å². The number of likely N-dealkylation sites (tertiary alicyclic amines) is 2. The first-order valence-corrected chi connectivity index (χ1v) is 8.82. The van der Waals surface area contributed by atoms with Crippen LogP contribution in [0.2, 0.25) is 5.02 Å². The molecule has 0 bridgehead atoms. The topological polar surface area (TPSA) is 23.6 Å². The number of hydrogen-bond donors (Lipinski definition) is 0. The maximum atomic E-state index is 13.9. The van der Waals surface area contributed by atoms with Gasteiger partial charge in [0.25, 0.3) is 0 Å². The zero-order valence-corrected chi connectivity index (χ0v) is 14.4. The SMILES string of the molecule is CC(=O)N1CCC(C2CCN(Cc3cc(Cl)ccc3F)C2)CC1. The highest BCUT2D eigenvalue weighted by Crippen LogP contribution is 2.32. The van der Waals surface area contributed by atoms with Gasteiger partial charge in [-0.25, -0.2) is 4.39 Å². The largest absolute Gasteiger partial charge is 0.343 e. The molecule has 2 heterocycles. The highest BCUT2D eigenvalue weighted by molar-refractivity contribution is 6.30. The predicted octanol–water partition coefficient (Wildman–Crippen LogP) is 3.56. The molecule has 3 nitrogen and oxygen atoms in total. The Morgan fingerprint density at radius 2 is 1.91 bits per heavy atom. The van der Waals surface area contributed by atoms with Gasteiger partial charge in [-0.15, -0.1) is 0 Å². The third-order valence-electron chi connectivity index (χ3n) is 5.36. The monoisotopic (exact) mass is 338 g/mol. The molecule has 0 saturated carbocycles. The molecule has 0 spiro atoms. The lowest BCUT2D eigenvalue weighted by Gasteiger charge is -2.34. The summed E-state index contributed by atoms with van der Waals surface area (Å²) in [5.74, 6) is 1.38. The Hall–Kier alpha value is -1.13. The number of amides is 1. The number of carbonyl (C=O) groups is 1. The number of carbonyl (C=O) groups excluding carboxylic acids is 1. The van der Waals surface area contributed by atoms with Gasteiger partial charge in [-0.1, -0.05) is 11.6 Å². The van der Waals surface area contributed by atoms with E-state index in [2.05, 4.69) is 4.90 Å². The number of piperidine rings is 1. The lowest BCUT2D eigenvalue weighted by atomic mass is 9.84. The average Bonchev–Trinajstić information content (AvgIpc) is 2.99. The summed E-state index contributed by atoms with van der Waals surface area (Å²) in [7, 11) is 0. The van der Waals surface area contributed by atoms with Gasteiger partial charge in [-0.05, 0) is 55.8 Å². The van der Waals surface area contributed by atoms with Crippen molar-refractivity contribution in [2.75, 3.05) is 26.2 Å². The molecular formula is C18H24ClFN2O. The summed E-state index contributed by atoms with van der Waals surface area (Å²) in [6.45, 7) is 6.10. The second-order valence-electron chi connectivity index (χ2n) is 6.86. The molecule has 1 unspecified atom stereocenters. The maximum absolute atomic E-state index is 13.9. The number of rotatable bonds is 3. The Morgan fingerprint density at radius 3 is 2.61 bits per heavy atom. The molecule has 2 fully saturated rings. The molecule has 5 heteroatoms. The second kappa shape index (κ2) is 7.18. The summed E-state index contributed by atoms with van der Waals surface area (Å²) in [5.41, 5.74) is 0.685. The van der Waals surface area contributed by atoms with Crippen LogP contribution in [0.1, 0.15) is 31.7 Å². The Kier molecular flexibility index (Phi) is 5.22. The van der Waals surface area contributed by atoms with Crippen molar-refractivity contribution in [1.29, 1.82) is 0 Å². The van der Waals surface area contributed by atoms with E-state index in [0.717, 1.165) is 39.0 Å². The molecule has 1 aromatic rings. The van der Waals surface area contributed by atoms with Gasteiger partial charge in [-0.2, -0.15) is 0 Å². The van der Waals surface area contributed by atoms with Gasteiger partial charge >= 0.3 is 0 Å². The molecule has 2 aliphatic heterocycles. The fourth-order valence-electron chi connectivity index (χ4n) is 3.98. The van der Waals surface area contributed by atoms with Crippen molar-refractivity contribution in [3.05, 3.63) is 34.6 Å². The Bertz CT molecular complexity index is 572. The molecule has 3 rings (SSSR count). The van der Waals surface area contributed by atoms with Crippen LogP contribution in [-0.4, -0.2) is 41.9 Å². The van der Waals surface area contributed by atoms with Crippen molar-refractivity contribution in [2.24, 2.45) is 11.8 Å². The van der Waals surface area contributed by atoms with Crippen molar-refractivity contribution in [3.63, 3.8) is 0 Å². The van der Waals surface area contributed by atoms with E-state index in [0.29, 0.717) is 29.0 Å². The van der Waals surface area contributed by atoms with Crippen LogP contribution in [0.5, 0.6) is 0 Å². The van der Waals surface area contributed by atoms with Gasteiger partial charge in [0.05, 0.1) is 0 Å². The summed E-state index contributed by atoms with van der Waals surface area (Å²) in [4.78, 5) is 15.7. The zero-order valence-electron chi connectivity index (χ0n) is 13.6. The molecule has 126 valence electrons. The first-order valence-electron chi connectivity index (χ1n) is 8.44. The second-order valence-corrected chi connectivity index (χ2v) is 7.30. The van der Waals surface area contributed by atoms with Crippen molar-refractivity contribution in [2.45, 2.75) is 32.7 Å². The third kappa shape index (κ3) is 4.04. The van der Waals surface area contributed by atoms with Gasteiger partial charge in [-0.3, -0.25) is 9.69 Å². The summed E-state index contributed by atoms with van der Waals surface area (Å²) < 4.78 is 13.9. The molecule has 2 saturated heterocycles. The highest BCUT2D eigenvalue weighted by Gasteiger charge is 2.32. The zero-order chi connectivity index (χ0) is 16.4. The van der Waals surface area contributed by atoms with Crippen molar-refractivity contribution in [3.8, 4) is 0 Å².